The van der Waals surface area contributed by atoms with Crippen LogP contribution in [0.3, 0.4) is 0 Å². The molecule has 0 aliphatic rings. The molecule has 0 atom stereocenters. The number of nitrogens with zero attached hydrogens (tertiary/aromatic N) is 3. The summed E-state index contributed by atoms with van der Waals surface area (Å²) in [5, 5.41) is 25.9. The third-order valence-electron chi connectivity index (χ3n) is 3.89. The molecule has 0 aliphatic heterocycles. The molecule has 3 rings (SSSR count). The lowest BCUT2D eigenvalue weighted by Crippen LogP contribution is -2.13. The van der Waals surface area contributed by atoms with Crippen molar-refractivity contribution in [1.29, 1.82) is 0 Å². The van der Waals surface area contributed by atoms with E-state index in [2.05, 4.69) is 15.3 Å². The average molecular weight is 387 g/mol. The van der Waals surface area contributed by atoms with Gasteiger partial charge in [0.15, 0.2) is 5.69 Å². The second kappa shape index (κ2) is 6.82. The maximum atomic E-state index is 12.6. The van der Waals surface area contributed by atoms with Crippen molar-refractivity contribution in [1.82, 2.24) is 9.78 Å². The fourth-order valence-corrected chi connectivity index (χ4v) is 3.35. The van der Waals surface area contributed by atoms with Gasteiger partial charge in [-0.1, -0.05) is 18.2 Å². The molecule has 0 fully saturated rings. The van der Waals surface area contributed by atoms with Crippen LogP contribution in [0.1, 0.15) is 11.3 Å². The van der Waals surface area contributed by atoms with Gasteiger partial charge in [0.1, 0.15) is 11.4 Å². The molecule has 0 radical (unpaired) electrons. The van der Waals surface area contributed by atoms with E-state index in [1.165, 1.54) is 17.7 Å². The molecule has 27 heavy (non-hydrogen) atoms. The summed E-state index contributed by atoms with van der Waals surface area (Å²) in [5.41, 5.74) is 1.13. The molecular weight excluding hydrogens is 370 g/mol. The van der Waals surface area contributed by atoms with Crippen molar-refractivity contribution in [3.63, 3.8) is 0 Å². The summed E-state index contributed by atoms with van der Waals surface area (Å²) in [6, 6.07) is 11.3. The van der Waals surface area contributed by atoms with Crippen LogP contribution in [0.4, 0.5) is 11.4 Å². The van der Waals surface area contributed by atoms with Crippen molar-refractivity contribution < 1.29 is 13.5 Å². The van der Waals surface area contributed by atoms with Crippen LogP contribution in [-0.2, 0) is 10.0 Å². The number of aromatic hydroxyl groups is 1. The van der Waals surface area contributed by atoms with Gasteiger partial charge in [-0.15, -0.1) is 10.2 Å². The first-order chi connectivity index (χ1) is 12.7. The summed E-state index contributed by atoms with van der Waals surface area (Å²) < 4.78 is 24.3. The number of H-pyrrole nitrogens is 1. The van der Waals surface area contributed by atoms with Crippen LogP contribution in [0.15, 0.2) is 62.4 Å². The molecule has 0 spiro atoms. The molecule has 10 heteroatoms. The van der Waals surface area contributed by atoms with E-state index in [0.717, 1.165) is 6.07 Å². The van der Waals surface area contributed by atoms with Crippen LogP contribution in [0.2, 0.25) is 0 Å². The summed E-state index contributed by atoms with van der Waals surface area (Å²) in [7, 11) is -3.97. The Kier molecular flexibility index (Phi) is 4.68. The van der Waals surface area contributed by atoms with Gasteiger partial charge in [0, 0.05) is 6.07 Å². The van der Waals surface area contributed by atoms with Gasteiger partial charge < -0.3 is 5.11 Å². The molecule has 2 aromatic carbocycles. The van der Waals surface area contributed by atoms with Gasteiger partial charge in [0.25, 0.3) is 5.56 Å². The predicted molar refractivity (Wildman–Crippen MR) is 99.5 cm³/mol. The summed E-state index contributed by atoms with van der Waals surface area (Å²) in [6.45, 7) is 3.19. The summed E-state index contributed by atoms with van der Waals surface area (Å²) in [4.78, 5) is 12.4. The minimum atomic E-state index is -3.97. The van der Waals surface area contributed by atoms with Gasteiger partial charge in [-0.05, 0) is 37.6 Å². The molecule has 3 aromatic rings. The van der Waals surface area contributed by atoms with Gasteiger partial charge in [0.05, 0.1) is 16.3 Å². The Morgan fingerprint density at radius 1 is 1.11 bits per heavy atom. The fraction of sp³-hybridized carbons (Fsp3) is 0.118. The van der Waals surface area contributed by atoms with Crippen molar-refractivity contribution in [3.8, 4) is 11.4 Å². The third-order valence-corrected chi connectivity index (χ3v) is 4.94. The first-order valence-electron chi connectivity index (χ1n) is 7.83. The maximum Gasteiger partial charge on any atom is 0.299 e. The van der Waals surface area contributed by atoms with Gasteiger partial charge >= 0.3 is 0 Å². The number of rotatable bonds is 4. The van der Waals surface area contributed by atoms with E-state index < -0.39 is 21.3 Å². The highest BCUT2D eigenvalue weighted by Crippen LogP contribution is 2.32. The van der Waals surface area contributed by atoms with E-state index in [1.54, 1.807) is 31.2 Å². The number of hydrogen-bond donors (Lipinski definition) is 3. The van der Waals surface area contributed by atoms with Crippen LogP contribution in [-0.4, -0.2) is 23.3 Å². The summed E-state index contributed by atoms with van der Waals surface area (Å²) in [5.74, 6) is -0.412. The van der Waals surface area contributed by atoms with Gasteiger partial charge in [-0.2, -0.15) is 0 Å². The molecule has 0 amide bonds. The number of sulfonamides is 1. The molecule has 0 aliphatic carbocycles. The number of phenols is 1. The van der Waals surface area contributed by atoms with Gasteiger partial charge in [-0.25, -0.2) is 18.2 Å². The normalized spacial score (nSPS) is 12.0. The highest BCUT2D eigenvalue weighted by Gasteiger charge is 2.16. The van der Waals surface area contributed by atoms with E-state index in [1.807, 2.05) is 6.07 Å². The quantitative estimate of drug-likeness (QED) is 0.591. The van der Waals surface area contributed by atoms with Crippen molar-refractivity contribution >= 4 is 21.4 Å². The van der Waals surface area contributed by atoms with Crippen LogP contribution in [0, 0.1) is 13.8 Å². The van der Waals surface area contributed by atoms with Crippen LogP contribution in [0.5, 0.6) is 5.75 Å². The SMILES string of the molecule is Cc1cc(N=Nc2c(C)[nH]n(-c3ccccc3)c2=O)c(O)cc1S(N)(=O)=O. The smallest absolute Gasteiger partial charge is 0.299 e. The van der Waals surface area contributed by atoms with Crippen molar-refractivity contribution in [3.05, 3.63) is 64.1 Å². The number of nitrogens with two attached hydrogens (primary N) is 1. The number of aryl methyl sites for hydroxylation is 2. The van der Waals surface area contributed by atoms with Crippen molar-refractivity contribution in [2.75, 3.05) is 0 Å². The lowest BCUT2D eigenvalue weighted by Gasteiger charge is -2.05. The zero-order chi connectivity index (χ0) is 19.8. The Morgan fingerprint density at radius 2 is 1.78 bits per heavy atom. The second-order valence-corrected chi connectivity index (χ2v) is 7.44. The first-order valence-corrected chi connectivity index (χ1v) is 9.38. The third kappa shape index (κ3) is 3.66. The Hall–Kier alpha value is -3.24. The topological polar surface area (TPSA) is 143 Å². The minimum absolute atomic E-state index is 0.0196. The number of primary sulfonamides is 1. The lowest BCUT2D eigenvalue weighted by atomic mass is 10.2. The van der Waals surface area contributed by atoms with Crippen molar-refractivity contribution in [2.24, 2.45) is 15.4 Å². The average Bonchev–Trinajstić information content (AvgIpc) is 2.89. The molecule has 0 saturated carbocycles. The Balaban J connectivity index is 2.02. The fourth-order valence-electron chi connectivity index (χ4n) is 2.57. The Bertz CT molecular complexity index is 1190. The van der Waals surface area contributed by atoms with Crippen LogP contribution in [0.25, 0.3) is 5.69 Å². The van der Waals surface area contributed by atoms with Gasteiger partial charge in [0.2, 0.25) is 10.0 Å². The van der Waals surface area contributed by atoms with E-state index in [-0.39, 0.29) is 16.3 Å². The standard InChI is InChI=1S/C17H17N5O4S/c1-10-8-13(14(23)9-15(10)27(18,25)26)19-20-16-11(2)21-22(17(16)24)12-6-4-3-5-7-12/h3-9,21,23H,1-2H3,(H2,18,25,26). The number of phenolic OH excluding ortho intramolecular Hbond substituents is 1. The first kappa shape index (κ1) is 18.5. The number of azo groups is 1. The largest absolute Gasteiger partial charge is 0.506 e. The maximum absolute atomic E-state index is 12.6. The molecule has 140 valence electrons. The molecule has 1 aromatic heterocycles. The Morgan fingerprint density at radius 3 is 2.41 bits per heavy atom. The molecule has 0 bridgehead atoms. The summed E-state index contributed by atoms with van der Waals surface area (Å²) >= 11 is 0. The second-order valence-electron chi connectivity index (χ2n) is 5.91. The van der Waals surface area contributed by atoms with Crippen LogP contribution < -0.4 is 10.7 Å². The summed E-state index contributed by atoms with van der Waals surface area (Å²) in [6.07, 6.45) is 0. The number of hydrogen-bond acceptors (Lipinski definition) is 6. The molecule has 9 nitrogen and oxygen atoms in total. The van der Waals surface area contributed by atoms with Crippen LogP contribution >= 0.6 is 0 Å². The molecule has 1 heterocycles. The van der Waals surface area contributed by atoms with Gasteiger partial charge in [-0.3, -0.25) is 9.89 Å². The molecule has 0 saturated heterocycles. The van der Waals surface area contributed by atoms with E-state index in [4.69, 9.17) is 5.14 Å². The van der Waals surface area contributed by atoms with E-state index in [9.17, 15) is 18.3 Å². The zero-order valence-corrected chi connectivity index (χ0v) is 15.4. The molecule has 4 N–H and O–H groups in total. The van der Waals surface area contributed by atoms with E-state index >= 15 is 0 Å². The number of nitrogens with one attached hydrogen (secondary N) is 1. The number of aromatic nitrogens is 2. The van der Waals surface area contributed by atoms with E-state index in [0.29, 0.717) is 16.9 Å². The number of benzene rings is 2. The lowest BCUT2D eigenvalue weighted by molar-refractivity contribution is 0.474. The minimum Gasteiger partial charge on any atom is -0.506 e. The van der Waals surface area contributed by atoms with Crippen molar-refractivity contribution in [2.45, 2.75) is 18.7 Å². The molecular formula is C17H17N5O4S. The highest BCUT2D eigenvalue weighted by atomic mass is 32.2. The Labute approximate surface area is 154 Å². The number of aromatic amines is 1. The zero-order valence-electron chi connectivity index (χ0n) is 14.5. The highest BCUT2D eigenvalue weighted by molar-refractivity contribution is 7.89. The monoisotopic (exact) mass is 387 g/mol. The number of para-hydroxylation sites is 1. The predicted octanol–water partition coefficient (Wildman–Crippen LogP) is 2.55. The molecule has 0 unspecified atom stereocenters.